The Hall–Kier alpha value is -6.96. The van der Waals surface area contributed by atoms with Crippen molar-refractivity contribution in [3.8, 4) is 33.4 Å². The van der Waals surface area contributed by atoms with Gasteiger partial charge in [-0.1, -0.05) is 183 Å². The molecule has 0 saturated carbocycles. The number of fused-ring (bicyclic) bond motifs is 7. The van der Waals surface area contributed by atoms with Gasteiger partial charge in [-0.3, -0.25) is 0 Å². The van der Waals surface area contributed by atoms with Crippen LogP contribution in [-0.2, 0) is 0 Å². The van der Waals surface area contributed by atoms with Gasteiger partial charge in [0.1, 0.15) is 0 Å². The molecule has 0 atom stereocenters. The Morgan fingerprint density at radius 3 is 1.45 bits per heavy atom. The minimum absolute atomic E-state index is 0.471. The Bertz CT molecular complexity index is 3140. The SMILES string of the molecule is Cc1ccc(N(c2ccc(-c3c4ccccc4c(-c4ccccc4-c4ccccc4)c4c5ccccc5c5ccccc5c34)cc2)c2ccc(C(C)C)cc2)c(C)c1. The smallest absolute Gasteiger partial charge is 0.0490 e. The summed E-state index contributed by atoms with van der Waals surface area (Å²) in [6.07, 6.45) is 0. The van der Waals surface area contributed by atoms with Crippen LogP contribution in [0.2, 0.25) is 0 Å². The van der Waals surface area contributed by atoms with E-state index in [1.165, 1.54) is 98.8 Å². The van der Waals surface area contributed by atoms with Gasteiger partial charge >= 0.3 is 0 Å². The van der Waals surface area contributed by atoms with Crippen molar-refractivity contribution in [3.63, 3.8) is 0 Å². The second-order valence-electron chi connectivity index (χ2n) is 16.0. The zero-order valence-corrected chi connectivity index (χ0v) is 33.5. The first kappa shape index (κ1) is 35.5. The molecule has 0 heterocycles. The molecule has 0 amide bonds. The fourth-order valence-corrected chi connectivity index (χ4v) is 9.27. The van der Waals surface area contributed by atoms with Crippen LogP contribution in [0, 0.1) is 13.8 Å². The summed E-state index contributed by atoms with van der Waals surface area (Å²) in [7, 11) is 0. The molecule has 58 heavy (non-hydrogen) atoms. The van der Waals surface area contributed by atoms with E-state index >= 15 is 0 Å². The van der Waals surface area contributed by atoms with Crippen LogP contribution in [0.15, 0.2) is 194 Å². The molecular formula is C57H45N. The highest BCUT2D eigenvalue weighted by atomic mass is 15.1. The van der Waals surface area contributed by atoms with Gasteiger partial charge in [0.05, 0.1) is 0 Å². The molecule has 0 spiro atoms. The molecule has 0 saturated heterocycles. The van der Waals surface area contributed by atoms with E-state index < -0.39 is 0 Å². The standard InChI is InChI=1S/C57H45N/c1-37(2)40-27-31-43(32-28-40)58(53-35-26-38(3)36-39(53)4)44-33-29-42(30-34-44)54-51-24-14-15-25-52(51)55(48-21-11-8-18-45(48)41-16-6-5-7-17-41)57-50-23-13-10-20-47(50)46-19-9-12-22-49(46)56(54)57/h5-37H,1-4H3. The Balaban J connectivity index is 1.28. The van der Waals surface area contributed by atoms with E-state index in [1.54, 1.807) is 0 Å². The first-order valence-corrected chi connectivity index (χ1v) is 20.5. The van der Waals surface area contributed by atoms with E-state index in [0.29, 0.717) is 5.92 Å². The molecule has 0 fully saturated rings. The quantitative estimate of drug-likeness (QED) is 0.116. The lowest BCUT2D eigenvalue weighted by molar-refractivity contribution is 0.866. The zero-order chi connectivity index (χ0) is 39.3. The van der Waals surface area contributed by atoms with Gasteiger partial charge in [-0.15, -0.1) is 0 Å². The Morgan fingerprint density at radius 1 is 0.379 bits per heavy atom. The first-order chi connectivity index (χ1) is 28.5. The van der Waals surface area contributed by atoms with Crippen molar-refractivity contribution in [1.29, 1.82) is 0 Å². The van der Waals surface area contributed by atoms with Crippen molar-refractivity contribution in [2.75, 3.05) is 4.90 Å². The van der Waals surface area contributed by atoms with Gasteiger partial charge in [0.25, 0.3) is 0 Å². The van der Waals surface area contributed by atoms with Gasteiger partial charge in [0.2, 0.25) is 0 Å². The summed E-state index contributed by atoms with van der Waals surface area (Å²) in [4.78, 5) is 2.41. The van der Waals surface area contributed by atoms with Crippen LogP contribution < -0.4 is 4.90 Å². The van der Waals surface area contributed by atoms with Crippen molar-refractivity contribution in [3.05, 3.63) is 211 Å². The van der Waals surface area contributed by atoms with Gasteiger partial charge in [-0.25, -0.2) is 0 Å². The maximum absolute atomic E-state index is 2.41. The lowest BCUT2D eigenvalue weighted by Gasteiger charge is -2.28. The van der Waals surface area contributed by atoms with Crippen LogP contribution in [0.25, 0.3) is 76.5 Å². The lowest BCUT2D eigenvalue weighted by atomic mass is 9.80. The monoisotopic (exact) mass is 743 g/mol. The predicted octanol–water partition coefficient (Wildman–Crippen LogP) is 16.5. The average molecular weight is 744 g/mol. The summed E-state index contributed by atoms with van der Waals surface area (Å²) < 4.78 is 0. The van der Waals surface area contributed by atoms with Gasteiger partial charge in [0.15, 0.2) is 0 Å². The summed E-state index contributed by atoms with van der Waals surface area (Å²) in [5.74, 6) is 0.471. The van der Waals surface area contributed by atoms with E-state index in [-0.39, 0.29) is 0 Å². The molecule has 10 aromatic carbocycles. The van der Waals surface area contributed by atoms with Gasteiger partial charge in [0, 0.05) is 17.1 Å². The number of anilines is 3. The summed E-state index contributed by atoms with van der Waals surface area (Å²) >= 11 is 0. The minimum atomic E-state index is 0.471. The van der Waals surface area contributed by atoms with Crippen LogP contribution in [0.3, 0.4) is 0 Å². The fourth-order valence-electron chi connectivity index (χ4n) is 9.27. The molecule has 10 aromatic rings. The molecule has 0 unspecified atom stereocenters. The maximum atomic E-state index is 2.41. The van der Waals surface area contributed by atoms with Crippen LogP contribution in [0.4, 0.5) is 17.1 Å². The van der Waals surface area contributed by atoms with Crippen LogP contribution in [-0.4, -0.2) is 0 Å². The lowest BCUT2D eigenvalue weighted by Crippen LogP contribution is -2.11. The highest BCUT2D eigenvalue weighted by molar-refractivity contribution is 6.37. The van der Waals surface area contributed by atoms with Crippen molar-refractivity contribution in [2.24, 2.45) is 0 Å². The number of rotatable bonds is 7. The highest BCUT2D eigenvalue weighted by Gasteiger charge is 2.24. The van der Waals surface area contributed by atoms with E-state index in [2.05, 4.69) is 227 Å². The molecular weight excluding hydrogens is 699 g/mol. The van der Waals surface area contributed by atoms with Crippen molar-refractivity contribution < 1.29 is 0 Å². The third-order valence-electron chi connectivity index (χ3n) is 12.0. The topological polar surface area (TPSA) is 3.24 Å². The molecule has 0 aliphatic heterocycles. The van der Waals surface area contributed by atoms with Crippen molar-refractivity contribution >= 4 is 60.2 Å². The minimum Gasteiger partial charge on any atom is -0.310 e. The van der Waals surface area contributed by atoms with Crippen LogP contribution >= 0.6 is 0 Å². The molecule has 10 rings (SSSR count). The molecule has 0 radical (unpaired) electrons. The maximum Gasteiger partial charge on any atom is 0.0490 e. The number of hydrogen-bond acceptors (Lipinski definition) is 1. The third-order valence-corrected chi connectivity index (χ3v) is 12.0. The second-order valence-corrected chi connectivity index (χ2v) is 16.0. The number of benzene rings is 10. The van der Waals surface area contributed by atoms with E-state index in [0.717, 1.165) is 11.4 Å². The normalized spacial score (nSPS) is 11.6. The third kappa shape index (κ3) is 5.94. The fraction of sp³-hybridized carbons (Fsp3) is 0.0877. The van der Waals surface area contributed by atoms with Gasteiger partial charge < -0.3 is 4.90 Å². The van der Waals surface area contributed by atoms with Crippen LogP contribution in [0.1, 0.15) is 36.5 Å². The number of aryl methyl sites for hydroxylation is 2. The van der Waals surface area contributed by atoms with Gasteiger partial charge in [-0.2, -0.15) is 0 Å². The Morgan fingerprint density at radius 2 is 0.862 bits per heavy atom. The molecule has 1 nitrogen and oxygen atoms in total. The summed E-state index contributed by atoms with van der Waals surface area (Å²) in [5.41, 5.74) is 14.7. The highest BCUT2D eigenvalue weighted by Crippen LogP contribution is 2.51. The summed E-state index contributed by atoms with van der Waals surface area (Å²) in [5, 5.41) is 10.1. The van der Waals surface area contributed by atoms with Crippen molar-refractivity contribution in [1.82, 2.24) is 0 Å². The largest absolute Gasteiger partial charge is 0.310 e. The van der Waals surface area contributed by atoms with Gasteiger partial charge in [-0.05, 0) is 138 Å². The molecule has 1 heteroatoms. The predicted molar refractivity (Wildman–Crippen MR) is 251 cm³/mol. The zero-order valence-electron chi connectivity index (χ0n) is 33.5. The van der Waals surface area contributed by atoms with E-state index in [9.17, 15) is 0 Å². The summed E-state index contributed by atoms with van der Waals surface area (Å²) in [6, 6.07) is 72.0. The Kier molecular flexibility index (Phi) is 8.88. The second kappa shape index (κ2) is 14.5. The molecule has 0 aromatic heterocycles. The molecule has 0 N–H and O–H groups in total. The average Bonchev–Trinajstić information content (AvgIpc) is 3.27. The van der Waals surface area contributed by atoms with Crippen molar-refractivity contribution in [2.45, 2.75) is 33.6 Å². The molecule has 0 bridgehead atoms. The number of nitrogens with zero attached hydrogens (tertiary/aromatic N) is 1. The molecule has 0 aliphatic rings. The first-order valence-electron chi connectivity index (χ1n) is 20.5. The van der Waals surface area contributed by atoms with E-state index in [1.807, 2.05) is 0 Å². The number of hydrogen-bond donors (Lipinski definition) is 0. The molecule has 0 aliphatic carbocycles. The molecule has 278 valence electrons. The Labute approximate surface area is 341 Å². The van der Waals surface area contributed by atoms with Crippen LogP contribution in [0.5, 0.6) is 0 Å². The summed E-state index contributed by atoms with van der Waals surface area (Å²) in [6.45, 7) is 8.89. The van der Waals surface area contributed by atoms with E-state index in [4.69, 9.17) is 0 Å².